The van der Waals surface area contributed by atoms with Gasteiger partial charge in [0.1, 0.15) is 11.9 Å². The van der Waals surface area contributed by atoms with Crippen LogP contribution in [0.1, 0.15) is 19.4 Å². The van der Waals surface area contributed by atoms with Gasteiger partial charge in [0.25, 0.3) is 0 Å². The van der Waals surface area contributed by atoms with E-state index >= 15 is 0 Å². The van der Waals surface area contributed by atoms with Gasteiger partial charge in [-0.1, -0.05) is 0 Å². The molecule has 1 aliphatic rings. The second-order valence-electron chi connectivity index (χ2n) is 4.65. The summed E-state index contributed by atoms with van der Waals surface area (Å²) in [5.41, 5.74) is 1.11. The van der Waals surface area contributed by atoms with Gasteiger partial charge in [-0.3, -0.25) is 0 Å². The number of nitrogens with zero attached hydrogens (tertiary/aromatic N) is 1. The average Bonchev–Trinajstić information content (AvgIpc) is 2.57. The minimum atomic E-state index is -0.464. The maximum absolute atomic E-state index is 5.71. The third-order valence-corrected chi connectivity index (χ3v) is 3.04. The predicted molar refractivity (Wildman–Crippen MR) is 70.1 cm³/mol. The fraction of sp³-hybridized carbons (Fsp3) is 0.583. The molecule has 1 aliphatic heterocycles. The van der Waals surface area contributed by atoms with Crippen molar-refractivity contribution in [3.63, 3.8) is 0 Å². The zero-order chi connectivity index (χ0) is 12.5. The van der Waals surface area contributed by atoms with E-state index in [4.69, 9.17) is 9.47 Å². The zero-order valence-corrected chi connectivity index (χ0v) is 11.9. The molecule has 0 spiro atoms. The number of pyridine rings is 1. The van der Waals surface area contributed by atoms with E-state index in [-0.39, 0.29) is 6.10 Å². The van der Waals surface area contributed by atoms with Gasteiger partial charge in [0, 0.05) is 17.2 Å². The van der Waals surface area contributed by atoms with Gasteiger partial charge in [-0.05, 0) is 48.3 Å². The molecule has 0 aromatic carbocycles. The number of aromatic nitrogens is 1. The Kier molecular flexibility index (Phi) is 3.70. The second-order valence-corrected chi connectivity index (χ2v) is 5.57. The van der Waals surface area contributed by atoms with Crippen molar-refractivity contribution in [3.05, 3.63) is 22.3 Å². The molecule has 0 radical (unpaired) electrons. The highest BCUT2D eigenvalue weighted by atomic mass is 79.9. The van der Waals surface area contributed by atoms with E-state index in [0.29, 0.717) is 13.2 Å². The summed E-state index contributed by atoms with van der Waals surface area (Å²) < 4.78 is 12.2. The Balaban J connectivity index is 1.90. The molecule has 1 unspecified atom stereocenters. The number of nitrogens with one attached hydrogen (secondary N) is 1. The van der Waals surface area contributed by atoms with Crippen molar-refractivity contribution in [3.8, 4) is 0 Å². The lowest BCUT2D eigenvalue weighted by Crippen LogP contribution is -2.26. The van der Waals surface area contributed by atoms with Crippen LogP contribution in [0.25, 0.3) is 0 Å². The first-order valence-electron chi connectivity index (χ1n) is 5.64. The SMILES string of the molecule is Cc1cc(Br)cnc1NCC1COC(C)(C)O1. The van der Waals surface area contributed by atoms with Crippen LogP contribution < -0.4 is 5.32 Å². The molecule has 5 heteroatoms. The van der Waals surface area contributed by atoms with Crippen LogP contribution in [0.2, 0.25) is 0 Å². The van der Waals surface area contributed by atoms with Gasteiger partial charge < -0.3 is 14.8 Å². The smallest absolute Gasteiger partial charge is 0.163 e. The standard InChI is InChI=1S/C12H17BrN2O2/c1-8-4-9(13)5-14-11(8)15-6-10-7-16-12(2,3)17-10/h4-5,10H,6-7H2,1-3H3,(H,14,15). The normalized spacial score (nSPS) is 22.7. The Labute approximate surface area is 110 Å². The highest BCUT2D eigenvalue weighted by Gasteiger charge is 2.32. The molecule has 1 atom stereocenters. The molecule has 2 heterocycles. The van der Waals surface area contributed by atoms with Crippen molar-refractivity contribution in [2.24, 2.45) is 0 Å². The van der Waals surface area contributed by atoms with Crippen LogP contribution in [0.15, 0.2) is 16.7 Å². The third-order valence-electron chi connectivity index (χ3n) is 2.61. The molecule has 0 bridgehead atoms. The number of aryl methyl sites for hydroxylation is 1. The lowest BCUT2D eigenvalue weighted by atomic mass is 10.3. The van der Waals surface area contributed by atoms with Crippen LogP contribution in [-0.4, -0.2) is 30.0 Å². The van der Waals surface area contributed by atoms with Crippen LogP contribution in [0, 0.1) is 6.92 Å². The molecule has 1 aromatic heterocycles. The molecule has 0 amide bonds. The van der Waals surface area contributed by atoms with E-state index in [1.807, 2.05) is 26.8 Å². The number of anilines is 1. The van der Waals surface area contributed by atoms with E-state index in [9.17, 15) is 0 Å². The summed E-state index contributed by atoms with van der Waals surface area (Å²) >= 11 is 3.39. The third kappa shape index (κ3) is 3.40. The number of hydrogen-bond acceptors (Lipinski definition) is 4. The van der Waals surface area contributed by atoms with E-state index in [2.05, 4.69) is 26.2 Å². The second kappa shape index (κ2) is 4.92. The predicted octanol–water partition coefficient (Wildman–Crippen LogP) is 2.72. The van der Waals surface area contributed by atoms with E-state index in [1.54, 1.807) is 6.20 Å². The minimum absolute atomic E-state index is 0.0786. The highest BCUT2D eigenvalue weighted by Crippen LogP contribution is 2.23. The van der Waals surface area contributed by atoms with Crippen LogP contribution >= 0.6 is 15.9 Å². The van der Waals surface area contributed by atoms with Gasteiger partial charge >= 0.3 is 0 Å². The van der Waals surface area contributed by atoms with Crippen molar-refractivity contribution in [2.45, 2.75) is 32.7 Å². The van der Waals surface area contributed by atoms with Gasteiger partial charge in [-0.2, -0.15) is 0 Å². The fourth-order valence-corrected chi connectivity index (χ4v) is 2.25. The first kappa shape index (κ1) is 12.8. The van der Waals surface area contributed by atoms with E-state index < -0.39 is 5.79 Å². The largest absolute Gasteiger partial charge is 0.367 e. The number of ether oxygens (including phenoxy) is 2. The van der Waals surface area contributed by atoms with Crippen molar-refractivity contribution in [1.82, 2.24) is 4.98 Å². The molecule has 1 fully saturated rings. The maximum Gasteiger partial charge on any atom is 0.163 e. The van der Waals surface area contributed by atoms with E-state index in [0.717, 1.165) is 15.9 Å². The lowest BCUT2D eigenvalue weighted by Gasteiger charge is -2.17. The maximum atomic E-state index is 5.71. The summed E-state index contributed by atoms with van der Waals surface area (Å²) in [6.45, 7) is 7.21. The quantitative estimate of drug-likeness (QED) is 0.932. The molecule has 0 aliphatic carbocycles. The van der Waals surface area contributed by atoms with Crippen LogP contribution in [0.4, 0.5) is 5.82 Å². The topological polar surface area (TPSA) is 43.4 Å². The fourth-order valence-electron chi connectivity index (χ4n) is 1.80. The van der Waals surface area contributed by atoms with Crippen molar-refractivity contribution < 1.29 is 9.47 Å². The molecule has 4 nitrogen and oxygen atoms in total. The summed E-state index contributed by atoms with van der Waals surface area (Å²) in [6, 6.07) is 2.03. The van der Waals surface area contributed by atoms with Gasteiger partial charge in [0.05, 0.1) is 6.61 Å². The van der Waals surface area contributed by atoms with Gasteiger partial charge in [-0.15, -0.1) is 0 Å². The summed E-state index contributed by atoms with van der Waals surface area (Å²) in [6.07, 6.45) is 1.86. The average molecular weight is 301 g/mol. The van der Waals surface area contributed by atoms with Gasteiger partial charge in [-0.25, -0.2) is 4.98 Å². The molecule has 2 rings (SSSR count). The molecular weight excluding hydrogens is 284 g/mol. The minimum Gasteiger partial charge on any atom is -0.367 e. The number of halogens is 1. The summed E-state index contributed by atoms with van der Waals surface area (Å²) in [7, 11) is 0. The number of hydrogen-bond donors (Lipinski definition) is 1. The highest BCUT2D eigenvalue weighted by molar-refractivity contribution is 9.10. The van der Waals surface area contributed by atoms with Gasteiger partial charge in [0.15, 0.2) is 5.79 Å². The molecule has 0 saturated carbocycles. The Hall–Kier alpha value is -0.650. The number of rotatable bonds is 3. The lowest BCUT2D eigenvalue weighted by molar-refractivity contribution is -0.136. The Bertz CT molecular complexity index is 409. The van der Waals surface area contributed by atoms with Crippen molar-refractivity contribution in [1.29, 1.82) is 0 Å². The summed E-state index contributed by atoms with van der Waals surface area (Å²) in [5, 5.41) is 3.28. The summed E-state index contributed by atoms with van der Waals surface area (Å²) in [4.78, 5) is 4.32. The summed E-state index contributed by atoms with van der Waals surface area (Å²) in [5.74, 6) is 0.427. The first-order valence-corrected chi connectivity index (χ1v) is 6.43. The van der Waals surface area contributed by atoms with Crippen molar-refractivity contribution >= 4 is 21.7 Å². The first-order chi connectivity index (χ1) is 7.96. The molecule has 1 aromatic rings. The van der Waals surface area contributed by atoms with Crippen molar-refractivity contribution in [2.75, 3.05) is 18.5 Å². The molecular formula is C12H17BrN2O2. The monoisotopic (exact) mass is 300 g/mol. The molecule has 94 valence electrons. The van der Waals surface area contributed by atoms with E-state index in [1.165, 1.54) is 0 Å². The van der Waals surface area contributed by atoms with Crippen LogP contribution in [0.3, 0.4) is 0 Å². The Morgan fingerprint density at radius 1 is 1.59 bits per heavy atom. The van der Waals surface area contributed by atoms with Crippen LogP contribution in [0.5, 0.6) is 0 Å². The Morgan fingerprint density at radius 3 is 2.94 bits per heavy atom. The zero-order valence-electron chi connectivity index (χ0n) is 10.3. The molecule has 17 heavy (non-hydrogen) atoms. The van der Waals surface area contributed by atoms with Crippen LogP contribution in [-0.2, 0) is 9.47 Å². The molecule has 1 N–H and O–H groups in total. The molecule has 1 saturated heterocycles. The van der Waals surface area contributed by atoms with Gasteiger partial charge in [0.2, 0.25) is 0 Å². The Morgan fingerprint density at radius 2 is 2.35 bits per heavy atom.